The summed E-state index contributed by atoms with van der Waals surface area (Å²) in [6.45, 7) is 2.33. The van der Waals surface area contributed by atoms with Crippen LogP contribution in [0.25, 0.3) is 0 Å². The number of alkyl halides is 12. The molecule has 0 amide bonds. The molecular formula is C18H15F12O2P. The van der Waals surface area contributed by atoms with Gasteiger partial charge in [-0.2, -0.15) is 0 Å². The van der Waals surface area contributed by atoms with E-state index in [9.17, 15) is 52.7 Å². The number of rotatable bonds is 1. The van der Waals surface area contributed by atoms with Crippen molar-refractivity contribution >= 4 is 12.4 Å². The van der Waals surface area contributed by atoms with Gasteiger partial charge in [0.1, 0.15) is 0 Å². The molecule has 0 radical (unpaired) electrons. The monoisotopic (exact) mass is 522 g/mol. The van der Waals surface area contributed by atoms with Gasteiger partial charge < -0.3 is 0 Å². The zero-order valence-corrected chi connectivity index (χ0v) is 17.5. The Balaban J connectivity index is 2.60. The second kappa shape index (κ2) is 6.78. The predicted octanol–water partition coefficient (Wildman–Crippen LogP) is 6.82. The summed E-state index contributed by atoms with van der Waals surface area (Å²) in [5.74, 6) is 0. The van der Waals surface area contributed by atoms with Crippen LogP contribution in [-0.4, -0.2) is 48.2 Å². The van der Waals surface area contributed by atoms with Gasteiger partial charge in [-0.25, -0.2) is 0 Å². The van der Waals surface area contributed by atoms with Crippen LogP contribution in [0, 0.1) is 0 Å². The zero-order valence-electron chi connectivity index (χ0n) is 16.6. The predicted molar refractivity (Wildman–Crippen MR) is 93.0 cm³/mol. The first-order valence-corrected chi connectivity index (χ1v) is 11.5. The van der Waals surface area contributed by atoms with Gasteiger partial charge in [0.25, 0.3) is 0 Å². The van der Waals surface area contributed by atoms with Crippen molar-refractivity contribution in [2.24, 2.45) is 0 Å². The minimum atomic E-state index is -7.23. The van der Waals surface area contributed by atoms with Crippen LogP contribution in [-0.2, 0) is 9.05 Å². The molecule has 1 spiro atoms. The summed E-state index contributed by atoms with van der Waals surface area (Å²) in [5, 5.41) is -0.729. The van der Waals surface area contributed by atoms with Crippen LogP contribution in [0.4, 0.5) is 52.7 Å². The standard InChI is InChI=1S/C18H15F12O2P/c1-10-8-33(9-11(10)2,12-6-4-3-5-7-12)31-13(15(19,20)21,16(22,23)24)14(32-33,17(25,26)27)18(28,29)30/h3-7H,8-9H2,1-2H3. The molecule has 0 aromatic heterocycles. The first-order valence-electron chi connectivity index (χ1n) is 9.02. The van der Waals surface area contributed by atoms with Crippen LogP contribution in [0.1, 0.15) is 13.8 Å². The van der Waals surface area contributed by atoms with Crippen LogP contribution in [0.2, 0.25) is 0 Å². The average Bonchev–Trinajstić information content (AvgIpc) is 3.06. The summed E-state index contributed by atoms with van der Waals surface area (Å²) in [6.07, 6.45) is -31.1. The summed E-state index contributed by atoms with van der Waals surface area (Å²) in [5.41, 5.74) is -13.6. The third-order valence-corrected chi connectivity index (χ3v) is 11.0. The van der Waals surface area contributed by atoms with E-state index in [1.807, 2.05) is 0 Å². The molecule has 2 nitrogen and oxygen atoms in total. The van der Waals surface area contributed by atoms with Gasteiger partial charge in [-0.15, -0.1) is 0 Å². The molecule has 188 valence electrons. The molecule has 1 aromatic rings. The van der Waals surface area contributed by atoms with Crippen molar-refractivity contribution in [2.45, 2.75) is 49.8 Å². The van der Waals surface area contributed by atoms with E-state index in [2.05, 4.69) is 9.05 Å². The van der Waals surface area contributed by atoms with E-state index in [0.717, 1.165) is 38.1 Å². The van der Waals surface area contributed by atoms with Crippen LogP contribution >= 0.6 is 7.06 Å². The van der Waals surface area contributed by atoms with Crippen LogP contribution in [0.15, 0.2) is 41.5 Å². The molecule has 2 aliphatic rings. The average molecular weight is 522 g/mol. The van der Waals surface area contributed by atoms with Crippen LogP contribution < -0.4 is 5.30 Å². The number of allylic oxidation sites excluding steroid dienone is 2. The third-order valence-electron chi connectivity index (χ3n) is 5.97. The maximum atomic E-state index is 14.1. The first-order chi connectivity index (χ1) is 14.6. The quantitative estimate of drug-likeness (QED) is 0.229. The van der Waals surface area contributed by atoms with E-state index < -0.39 is 60.6 Å². The molecule has 0 aliphatic carbocycles. The molecule has 3 rings (SSSR count). The normalized spacial score (nSPS) is 25.8. The molecule has 1 aromatic carbocycles. The van der Waals surface area contributed by atoms with Gasteiger partial charge in [-0.05, 0) is 0 Å². The van der Waals surface area contributed by atoms with Crippen LogP contribution in [0.5, 0.6) is 0 Å². The molecule has 1 saturated heterocycles. The fraction of sp³-hybridized carbons (Fsp3) is 0.556. The molecule has 33 heavy (non-hydrogen) atoms. The minimum absolute atomic E-state index is 0.0325. The summed E-state index contributed by atoms with van der Waals surface area (Å²) < 4.78 is 178. The van der Waals surface area contributed by atoms with Crippen molar-refractivity contribution < 1.29 is 61.7 Å². The molecular weight excluding hydrogens is 507 g/mol. The first kappa shape index (κ1) is 26.1. The number of hydrogen-bond acceptors (Lipinski definition) is 2. The van der Waals surface area contributed by atoms with E-state index in [-0.39, 0.29) is 11.1 Å². The fourth-order valence-electron chi connectivity index (χ4n) is 4.57. The summed E-state index contributed by atoms with van der Waals surface area (Å²) in [4.78, 5) is 0. The van der Waals surface area contributed by atoms with Crippen molar-refractivity contribution in [2.75, 3.05) is 12.3 Å². The molecule has 0 atom stereocenters. The van der Waals surface area contributed by atoms with Crippen LogP contribution in [0.3, 0.4) is 0 Å². The summed E-state index contributed by atoms with van der Waals surface area (Å²) in [6, 6.07) is 4.92. The molecule has 2 aliphatic heterocycles. The molecule has 15 heteroatoms. The summed E-state index contributed by atoms with van der Waals surface area (Å²) in [7, 11) is -6.20. The molecule has 1 fully saturated rings. The van der Waals surface area contributed by atoms with E-state index in [0.29, 0.717) is 0 Å². The van der Waals surface area contributed by atoms with E-state index in [4.69, 9.17) is 0 Å². The number of hydrogen-bond donors (Lipinski definition) is 0. The van der Waals surface area contributed by atoms with Crippen molar-refractivity contribution in [3.05, 3.63) is 41.5 Å². The van der Waals surface area contributed by atoms with Gasteiger partial charge >= 0.3 is 178 Å². The third kappa shape index (κ3) is 3.09. The van der Waals surface area contributed by atoms with Gasteiger partial charge in [-0.1, -0.05) is 0 Å². The zero-order chi connectivity index (χ0) is 25.5. The van der Waals surface area contributed by atoms with Crippen molar-refractivity contribution in [1.29, 1.82) is 0 Å². The van der Waals surface area contributed by atoms with Gasteiger partial charge in [0.2, 0.25) is 0 Å². The van der Waals surface area contributed by atoms with E-state index in [1.165, 1.54) is 6.07 Å². The summed E-state index contributed by atoms with van der Waals surface area (Å²) >= 11 is 0. The SMILES string of the molecule is CC1=C(C)CP2(c3ccccc3)(C1)OC(C(F)(F)F)(C(F)(F)F)C(C(F)(F)F)(C(F)(F)F)O2. The molecule has 2 heterocycles. The van der Waals surface area contributed by atoms with Crippen molar-refractivity contribution in [3.63, 3.8) is 0 Å². The Hall–Kier alpha value is -1.53. The van der Waals surface area contributed by atoms with Gasteiger partial charge in [-0.3, -0.25) is 0 Å². The Morgan fingerprint density at radius 1 is 0.606 bits per heavy atom. The van der Waals surface area contributed by atoms with Crippen molar-refractivity contribution in [1.82, 2.24) is 0 Å². The van der Waals surface area contributed by atoms with Crippen molar-refractivity contribution in [3.8, 4) is 0 Å². The fourth-order valence-corrected chi connectivity index (χ4v) is 10.8. The Labute approximate surface area is 178 Å². The molecule has 0 saturated carbocycles. The number of benzene rings is 1. The Morgan fingerprint density at radius 3 is 1.18 bits per heavy atom. The second-order valence-corrected chi connectivity index (χ2v) is 12.2. The molecule has 0 bridgehead atoms. The van der Waals surface area contributed by atoms with Gasteiger partial charge in [0.05, 0.1) is 0 Å². The Morgan fingerprint density at radius 2 is 0.909 bits per heavy atom. The number of halogens is 12. The van der Waals surface area contributed by atoms with Gasteiger partial charge in [0, 0.05) is 0 Å². The van der Waals surface area contributed by atoms with Gasteiger partial charge in [0.15, 0.2) is 0 Å². The van der Waals surface area contributed by atoms with E-state index in [1.54, 1.807) is 0 Å². The Kier molecular flexibility index (Phi) is 5.36. The Bertz CT molecular complexity index is 885. The topological polar surface area (TPSA) is 18.5 Å². The molecule has 0 unspecified atom stereocenters. The maximum absolute atomic E-state index is 14.1. The second-order valence-electron chi connectivity index (χ2n) is 8.06. The van der Waals surface area contributed by atoms with E-state index >= 15 is 0 Å². The molecule has 0 N–H and O–H groups in total.